The third kappa shape index (κ3) is 31.3. The van der Waals surface area contributed by atoms with Crippen LogP contribution in [0, 0.1) is 0 Å². The van der Waals surface area contributed by atoms with Gasteiger partial charge in [0.15, 0.2) is 0 Å². The topological polar surface area (TPSA) is 295 Å². The summed E-state index contributed by atoms with van der Waals surface area (Å²) in [4.78, 5) is 94.3. The number of unbranched alkanes of at least 4 members (excludes halogenated alkanes) is 1. The highest BCUT2D eigenvalue weighted by Gasteiger charge is 2.34. The van der Waals surface area contributed by atoms with Crippen molar-refractivity contribution in [1.29, 1.82) is 0 Å². The maximum absolute atomic E-state index is 14.6. The lowest BCUT2D eigenvalue weighted by atomic mass is 10.1. The zero-order valence-corrected chi connectivity index (χ0v) is 53.1. The number of benzene rings is 3. The second kappa shape index (κ2) is 32.7. The molecule has 0 radical (unpaired) electrons. The molecule has 9 N–H and O–H groups in total. The van der Waals surface area contributed by atoms with Crippen LogP contribution in [0.1, 0.15) is 146 Å². The van der Waals surface area contributed by atoms with Crippen molar-refractivity contribution in [2.45, 2.75) is 182 Å². The molecule has 28 heteroatoms. The second-order valence-electron chi connectivity index (χ2n) is 24.5. The van der Waals surface area contributed by atoms with Crippen molar-refractivity contribution >= 4 is 82.9 Å². The number of carbonyl (C=O) groups is 7. The van der Waals surface area contributed by atoms with E-state index in [9.17, 15) is 51.1 Å². The van der Waals surface area contributed by atoms with Gasteiger partial charge in [-0.1, -0.05) is 0 Å². The Kier molecular flexibility index (Phi) is 27.6. The summed E-state index contributed by atoms with van der Waals surface area (Å²) in [6.07, 6.45) is -7.76. The normalized spacial score (nSPS) is 11.9. The summed E-state index contributed by atoms with van der Waals surface area (Å²) < 4.78 is 90.7. The Morgan fingerprint density at radius 2 is 1.06 bits per heavy atom. The fourth-order valence-electron chi connectivity index (χ4n) is 7.24. The molecule has 3 aromatic carbocycles. The number of nitrogens with one attached hydrogen (secondary N) is 9. The smallest absolute Gasteiger partial charge is 0.418 e. The molecule has 484 valence electrons. The lowest BCUT2D eigenvalue weighted by molar-refractivity contribution is -0.137. The number of anilines is 4. The first kappa shape index (κ1) is 73.3. The molecule has 0 saturated carbocycles. The van der Waals surface area contributed by atoms with E-state index in [1.165, 1.54) is 42.5 Å². The van der Waals surface area contributed by atoms with Gasteiger partial charge in [0, 0.05) is 56.3 Å². The summed E-state index contributed by atoms with van der Waals surface area (Å²) in [5, 5.41) is 23.6. The van der Waals surface area contributed by atoms with Crippen molar-refractivity contribution in [1.82, 2.24) is 26.6 Å². The molecule has 0 atom stereocenters. The number of rotatable bonds is 23. The van der Waals surface area contributed by atoms with Crippen molar-refractivity contribution in [3.05, 3.63) is 65.2 Å². The Balaban J connectivity index is 1.93. The molecule has 0 heterocycles. The van der Waals surface area contributed by atoms with Crippen molar-refractivity contribution in [3.63, 3.8) is 0 Å². The quantitative estimate of drug-likeness (QED) is 0.0106. The van der Waals surface area contributed by atoms with E-state index in [-0.39, 0.29) is 115 Å². The van der Waals surface area contributed by atoms with E-state index < -0.39 is 88.8 Å². The molecule has 0 aromatic heterocycles. The number of hydrogen-bond acceptors (Lipinski definition) is 16. The van der Waals surface area contributed by atoms with Crippen LogP contribution in [0.5, 0.6) is 11.5 Å². The standard InChI is InChI=1S/C59H86F4N10O13S/c1-54(2,3)82-49(76)66-26-18-19-37-33-38(21-24-44(37)81-39-22-23-41(40(34-39)59(61,62)63)64-27-28-67-50(77)83-55(4,5)6)69-48(75)71-43-32-36(35-60)31-42(46(43)87-30-29-68-51(78)84-56(7,8)9)70-45(74)20-16-17-25-65-47(72-52(79)85-57(10,11)12)73-53(80)86-58(13,14)15/h21-24,31-34,64H,16-20,25-30,35H2,1-15H3,(H,66,76)(H,67,77)(H,68,78)(H,70,74)(H2,69,71,75)(H2,65,72,73,79,80). The molecule has 0 spiro atoms. The SMILES string of the molecule is CC(C)(C)OC(=O)NCCCc1cc(NC(=O)Nc2cc(CF)cc(NC(=O)CCCCN=C(NC(=O)OC(C)(C)C)NC(=O)OC(C)(C)C)c2SCCNC(=O)OC(C)(C)C)ccc1Oc1ccc(NCCNC(=O)OC(C)(C)C)c(C(F)(F)F)c1. The zero-order chi connectivity index (χ0) is 65.6. The zero-order valence-electron chi connectivity index (χ0n) is 52.3. The highest BCUT2D eigenvalue weighted by molar-refractivity contribution is 7.99. The van der Waals surface area contributed by atoms with Crippen LogP contribution in [-0.2, 0) is 47.8 Å². The highest BCUT2D eigenvalue weighted by Crippen LogP contribution is 2.40. The van der Waals surface area contributed by atoms with E-state index in [1.807, 2.05) is 0 Å². The summed E-state index contributed by atoms with van der Waals surface area (Å²) in [5.41, 5.74) is -4.50. The first-order valence-corrected chi connectivity index (χ1v) is 29.1. The summed E-state index contributed by atoms with van der Waals surface area (Å²) in [6.45, 7) is 24.3. The van der Waals surface area contributed by atoms with Crippen LogP contribution in [0.25, 0.3) is 0 Å². The third-order valence-corrected chi connectivity index (χ3v) is 11.5. The fraction of sp³-hybridized carbons (Fsp3) is 0.559. The highest BCUT2D eigenvalue weighted by atomic mass is 32.2. The molecule has 3 aromatic rings. The van der Waals surface area contributed by atoms with E-state index in [2.05, 4.69) is 52.8 Å². The van der Waals surface area contributed by atoms with Crippen LogP contribution in [0.3, 0.4) is 0 Å². The van der Waals surface area contributed by atoms with Gasteiger partial charge in [-0.3, -0.25) is 20.4 Å². The number of thioether (sulfide) groups is 1. The molecular weight excluding hydrogens is 1160 g/mol. The number of urea groups is 1. The lowest BCUT2D eigenvalue weighted by Gasteiger charge is -2.22. The van der Waals surface area contributed by atoms with Crippen LogP contribution in [0.2, 0.25) is 0 Å². The van der Waals surface area contributed by atoms with Crippen molar-refractivity contribution in [2.24, 2.45) is 4.99 Å². The number of alkyl carbamates (subject to hydrolysis) is 5. The molecule has 0 saturated heterocycles. The minimum atomic E-state index is -4.83. The van der Waals surface area contributed by atoms with Crippen LogP contribution in [-0.4, -0.2) is 115 Å². The number of ether oxygens (including phenoxy) is 6. The Labute approximate surface area is 510 Å². The molecule has 3 rings (SSSR count). The Hall–Kier alpha value is -7.91. The second-order valence-corrected chi connectivity index (χ2v) is 25.6. The van der Waals surface area contributed by atoms with E-state index in [0.717, 1.165) is 17.8 Å². The van der Waals surface area contributed by atoms with Crippen LogP contribution >= 0.6 is 11.8 Å². The summed E-state index contributed by atoms with van der Waals surface area (Å²) in [5.74, 6) is -0.632. The number of aliphatic imine (C=N–C) groups is 1. The third-order valence-electron chi connectivity index (χ3n) is 10.4. The van der Waals surface area contributed by atoms with Gasteiger partial charge >= 0.3 is 42.7 Å². The first-order chi connectivity index (χ1) is 40.2. The van der Waals surface area contributed by atoms with Gasteiger partial charge in [0.2, 0.25) is 11.9 Å². The summed E-state index contributed by atoms with van der Waals surface area (Å²) in [7, 11) is 0. The largest absolute Gasteiger partial charge is 0.457 e. The minimum Gasteiger partial charge on any atom is -0.457 e. The number of hydrogen-bond donors (Lipinski definition) is 9. The monoisotopic (exact) mass is 1250 g/mol. The van der Waals surface area contributed by atoms with E-state index in [0.29, 0.717) is 12.0 Å². The fourth-order valence-corrected chi connectivity index (χ4v) is 8.18. The molecule has 0 aliphatic carbocycles. The number of nitrogens with zero attached hydrogens (tertiary/aromatic N) is 1. The van der Waals surface area contributed by atoms with Crippen LogP contribution in [0.15, 0.2) is 58.4 Å². The van der Waals surface area contributed by atoms with Gasteiger partial charge in [-0.05, 0) is 189 Å². The van der Waals surface area contributed by atoms with Gasteiger partial charge < -0.3 is 65.6 Å². The van der Waals surface area contributed by atoms with E-state index in [1.54, 1.807) is 104 Å². The predicted molar refractivity (Wildman–Crippen MR) is 326 cm³/mol. The number of amides is 8. The molecule has 87 heavy (non-hydrogen) atoms. The van der Waals surface area contributed by atoms with Crippen molar-refractivity contribution < 1.29 is 79.5 Å². The molecular formula is C59H86F4N10O13S. The average molecular weight is 1250 g/mol. The number of alkyl halides is 4. The van der Waals surface area contributed by atoms with Gasteiger partial charge in [0.05, 0.1) is 21.8 Å². The molecule has 0 unspecified atom stereocenters. The Bertz CT molecular complexity index is 2840. The first-order valence-electron chi connectivity index (χ1n) is 28.1. The van der Waals surface area contributed by atoms with E-state index in [4.69, 9.17) is 28.4 Å². The van der Waals surface area contributed by atoms with Crippen molar-refractivity contribution in [2.75, 3.05) is 59.7 Å². The van der Waals surface area contributed by atoms with Gasteiger partial charge in [0.1, 0.15) is 46.2 Å². The van der Waals surface area contributed by atoms with Gasteiger partial charge in [-0.2, -0.15) is 13.2 Å². The lowest BCUT2D eigenvalue weighted by Crippen LogP contribution is -2.47. The summed E-state index contributed by atoms with van der Waals surface area (Å²) >= 11 is 1.12. The summed E-state index contributed by atoms with van der Waals surface area (Å²) in [6, 6.07) is 9.70. The number of carbonyl (C=O) groups excluding carboxylic acids is 7. The van der Waals surface area contributed by atoms with Crippen LogP contribution in [0.4, 0.5) is 69.1 Å². The molecule has 0 aliphatic heterocycles. The average Bonchev–Trinajstić information content (AvgIpc) is 1.55. The Morgan fingerprint density at radius 3 is 1.59 bits per heavy atom. The molecule has 8 amide bonds. The van der Waals surface area contributed by atoms with Gasteiger partial charge in [-0.25, -0.2) is 33.2 Å². The maximum Gasteiger partial charge on any atom is 0.418 e. The van der Waals surface area contributed by atoms with Crippen molar-refractivity contribution in [3.8, 4) is 11.5 Å². The maximum atomic E-state index is 14.6. The molecule has 0 fully saturated rings. The molecule has 0 aliphatic rings. The van der Waals surface area contributed by atoms with Gasteiger partial charge in [0.25, 0.3) is 0 Å². The molecule has 0 bridgehead atoms. The van der Waals surface area contributed by atoms with Gasteiger partial charge in [-0.15, -0.1) is 11.8 Å². The number of halogens is 4. The predicted octanol–water partition coefficient (Wildman–Crippen LogP) is 13.1. The molecule has 23 nitrogen and oxygen atoms in total. The van der Waals surface area contributed by atoms with Crippen LogP contribution < -0.4 is 52.6 Å². The van der Waals surface area contributed by atoms with E-state index >= 15 is 0 Å². The minimum absolute atomic E-state index is 0.0395. The Morgan fingerprint density at radius 1 is 0.540 bits per heavy atom. The number of aryl methyl sites for hydroxylation is 1. The number of guanidine groups is 1.